The van der Waals surface area contributed by atoms with Gasteiger partial charge in [0.2, 0.25) is 0 Å². The Bertz CT molecular complexity index is 477. The fourth-order valence-corrected chi connectivity index (χ4v) is 2.31. The lowest BCUT2D eigenvalue weighted by atomic mass is 10.1. The van der Waals surface area contributed by atoms with Gasteiger partial charge in [0.1, 0.15) is 0 Å². The number of pyridine rings is 1. The van der Waals surface area contributed by atoms with E-state index in [0.29, 0.717) is 6.54 Å². The van der Waals surface area contributed by atoms with E-state index in [2.05, 4.69) is 30.1 Å². The van der Waals surface area contributed by atoms with Crippen LogP contribution in [-0.2, 0) is 0 Å². The predicted molar refractivity (Wildman–Crippen MR) is 86.9 cm³/mol. The minimum Gasteiger partial charge on any atom is -0.330 e. The first-order valence-corrected chi connectivity index (χ1v) is 5.99. The minimum absolute atomic E-state index is 0. The zero-order valence-corrected chi connectivity index (χ0v) is 13.8. The van der Waals surface area contributed by atoms with Gasteiger partial charge in [-0.15, -0.1) is 45.7 Å². The summed E-state index contributed by atoms with van der Waals surface area (Å²) in [7, 11) is 0. The first kappa shape index (κ1) is 16.9. The molecule has 2 N–H and O–H groups in total. The smallest absolute Gasteiger partial charge is 0.0970 e. The van der Waals surface area contributed by atoms with Gasteiger partial charge in [-0.3, -0.25) is 0 Å². The van der Waals surface area contributed by atoms with E-state index in [9.17, 15) is 0 Å². The lowest BCUT2D eigenvalue weighted by Gasteiger charge is -2.05. The Kier molecular flexibility index (Phi) is 8.03. The number of nitrogens with zero attached hydrogens (tertiary/aromatic N) is 1. The van der Waals surface area contributed by atoms with E-state index in [0.717, 1.165) is 16.3 Å². The van der Waals surface area contributed by atoms with E-state index in [1.54, 1.807) is 11.8 Å². The summed E-state index contributed by atoms with van der Waals surface area (Å²) in [5, 5.41) is 2.30. The van der Waals surface area contributed by atoms with Crippen LogP contribution in [-0.4, -0.2) is 17.3 Å². The topological polar surface area (TPSA) is 38.9 Å². The minimum atomic E-state index is 0. The second-order valence-electron chi connectivity index (χ2n) is 3.43. The summed E-state index contributed by atoms with van der Waals surface area (Å²) >= 11 is 1.71. The van der Waals surface area contributed by atoms with Crippen molar-refractivity contribution < 1.29 is 0 Å². The Morgan fingerprint density at radius 2 is 1.94 bits per heavy atom. The highest BCUT2D eigenvalue weighted by Gasteiger charge is 2.01. The van der Waals surface area contributed by atoms with Crippen LogP contribution in [0.4, 0.5) is 0 Å². The summed E-state index contributed by atoms with van der Waals surface area (Å²) in [6.45, 7) is 2.81. The van der Waals surface area contributed by atoms with E-state index < -0.39 is 0 Å². The second kappa shape index (κ2) is 8.08. The first-order chi connectivity index (χ1) is 7.31. The molecule has 0 unspecified atom stereocenters. The maximum absolute atomic E-state index is 5.48. The van der Waals surface area contributed by atoms with Crippen molar-refractivity contribution in [3.05, 3.63) is 35.9 Å². The highest BCUT2D eigenvalue weighted by molar-refractivity contribution is 8.93. The number of aromatic nitrogens is 1. The predicted octanol–water partition coefficient (Wildman–Crippen LogP) is 3.75. The van der Waals surface area contributed by atoms with Gasteiger partial charge in [-0.1, -0.05) is 18.2 Å². The average molecular weight is 380 g/mol. The molecule has 0 amide bonds. The Labute approximate surface area is 127 Å². The molecular weight excluding hydrogens is 364 g/mol. The fourth-order valence-electron chi connectivity index (χ4n) is 1.56. The molecule has 1 heterocycles. The number of rotatable bonds is 3. The van der Waals surface area contributed by atoms with Gasteiger partial charge in [0.15, 0.2) is 0 Å². The maximum atomic E-state index is 5.48. The number of hydrogen-bond donors (Lipinski definition) is 1. The Morgan fingerprint density at radius 3 is 2.65 bits per heavy atom. The number of nitrogens with two attached hydrogens (primary N) is 1. The molecule has 2 nitrogen and oxygen atoms in total. The van der Waals surface area contributed by atoms with Gasteiger partial charge in [-0.2, -0.15) is 0 Å². The van der Waals surface area contributed by atoms with Crippen LogP contribution in [0.3, 0.4) is 0 Å². The summed E-state index contributed by atoms with van der Waals surface area (Å²) < 4.78 is 0. The number of aryl methyl sites for hydroxylation is 1. The largest absolute Gasteiger partial charge is 0.330 e. The molecule has 5 heteroatoms. The van der Waals surface area contributed by atoms with Crippen LogP contribution < -0.4 is 5.73 Å². The van der Waals surface area contributed by atoms with Crippen LogP contribution in [0.1, 0.15) is 5.56 Å². The summed E-state index contributed by atoms with van der Waals surface area (Å²) in [6.07, 6.45) is 0. The molecule has 17 heavy (non-hydrogen) atoms. The Balaban J connectivity index is 0.00000128. The van der Waals surface area contributed by atoms with Gasteiger partial charge in [0.05, 0.1) is 10.5 Å². The van der Waals surface area contributed by atoms with Crippen molar-refractivity contribution in [1.82, 2.24) is 4.98 Å². The quantitative estimate of drug-likeness (QED) is 0.825. The molecule has 94 valence electrons. The third-order valence-electron chi connectivity index (χ3n) is 2.27. The summed E-state index contributed by atoms with van der Waals surface area (Å²) in [6, 6.07) is 10.3. The van der Waals surface area contributed by atoms with E-state index in [1.807, 2.05) is 12.1 Å². The van der Waals surface area contributed by atoms with Crippen molar-refractivity contribution in [3.63, 3.8) is 0 Å². The molecule has 0 aliphatic heterocycles. The van der Waals surface area contributed by atoms with Crippen molar-refractivity contribution in [2.24, 2.45) is 5.73 Å². The molecular formula is C12H16Br2N2S. The molecule has 0 bridgehead atoms. The number of fused-ring (bicyclic) bond motifs is 1. The normalized spacial score (nSPS) is 9.53. The van der Waals surface area contributed by atoms with Gasteiger partial charge in [0, 0.05) is 17.7 Å². The molecule has 0 saturated heterocycles. The van der Waals surface area contributed by atoms with Crippen molar-refractivity contribution in [2.75, 3.05) is 12.3 Å². The molecule has 2 aromatic rings. The van der Waals surface area contributed by atoms with E-state index >= 15 is 0 Å². The van der Waals surface area contributed by atoms with Crippen LogP contribution in [0.2, 0.25) is 0 Å². The molecule has 0 saturated carbocycles. The summed E-state index contributed by atoms with van der Waals surface area (Å²) in [5.41, 5.74) is 7.82. The van der Waals surface area contributed by atoms with Crippen LogP contribution in [0.15, 0.2) is 35.4 Å². The monoisotopic (exact) mass is 378 g/mol. The maximum Gasteiger partial charge on any atom is 0.0970 e. The lowest BCUT2D eigenvalue weighted by molar-refractivity contribution is 1.12. The first-order valence-electron chi connectivity index (χ1n) is 5.00. The van der Waals surface area contributed by atoms with Gasteiger partial charge < -0.3 is 5.73 Å². The van der Waals surface area contributed by atoms with Crippen molar-refractivity contribution >= 4 is 56.6 Å². The van der Waals surface area contributed by atoms with E-state index in [4.69, 9.17) is 5.73 Å². The van der Waals surface area contributed by atoms with Crippen molar-refractivity contribution in [2.45, 2.75) is 11.9 Å². The molecule has 0 atom stereocenters. The third-order valence-corrected chi connectivity index (χ3v) is 3.21. The molecule has 2 rings (SSSR count). The van der Waals surface area contributed by atoms with Crippen LogP contribution in [0.5, 0.6) is 0 Å². The standard InChI is InChI=1S/C12H14N2S.2BrH/c1-9-8-12(15-7-6-13)14-11-5-3-2-4-10(9)11;;/h2-5,8H,6-7,13H2,1H3;2*1H. The molecule has 0 aliphatic carbocycles. The molecule has 0 fully saturated rings. The molecule has 0 spiro atoms. The Morgan fingerprint density at radius 1 is 1.24 bits per heavy atom. The number of hydrogen-bond acceptors (Lipinski definition) is 3. The molecule has 0 radical (unpaired) electrons. The highest BCUT2D eigenvalue weighted by Crippen LogP contribution is 2.22. The molecule has 1 aromatic carbocycles. The van der Waals surface area contributed by atoms with Gasteiger partial charge in [-0.05, 0) is 24.6 Å². The fraction of sp³-hybridized carbons (Fsp3) is 0.250. The van der Waals surface area contributed by atoms with Crippen molar-refractivity contribution in [1.29, 1.82) is 0 Å². The number of thioether (sulfide) groups is 1. The van der Waals surface area contributed by atoms with Crippen LogP contribution in [0, 0.1) is 6.92 Å². The second-order valence-corrected chi connectivity index (χ2v) is 4.55. The SMILES string of the molecule is Br.Br.Cc1cc(SCCN)nc2ccccc12. The zero-order chi connectivity index (χ0) is 10.7. The van der Waals surface area contributed by atoms with E-state index in [1.165, 1.54) is 10.9 Å². The van der Waals surface area contributed by atoms with Gasteiger partial charge >= 0.3 is 0 Å². The lowest BCUT2D eigenvalue weighted by Crippen LogP contribution is -2.01. The zero-order valence-electron chi connectivity index (χ0n) is 9.55. The third kappa shape index (κ3) is 4.25. The van der Waals surface area contributed by atoms with Crippen molar-refractivity contribution in [3.8, 4) is 0 Å². The van der Waals surface area contributed by atoms with Crippen LogP contribution >= 0.6 is 45.7 Å². The number of para-hydroxylation sites is 1. The molecule has 0 aliphatic rings. The highest BCUT2D eigenvalue weighted by atomic mass is 79.9. The van der Waals surface area contributed by atoms with Gasteiger partial charge in [0.25, 0.3) is 0 Å². The molecule has 1 aromatic heterocycles. The number of halogens is 2. The summed E-state index contributed by atoms with van der Waals surface area (Å²) in [5.74, 6) is 0.921. The van der Waals surface area contributed by atoms with E-state index in [-0.39, 0.29) is 34.0 Å². The summed E-state index contributed by atoms with van der Waals surface area (Å²) in [4.78, 5) is 4.58. The van der Waals surface area contributed by atoms with Gasteiger partial charge in [-0.25, -0.2) is 4.98 Å². The van der Waals surface area contributed by atoms with Crippen LogP contribution in [0.25, 0.3) is 10.9 Å². The number of benzene rings is 1. The Hall–Kier alpha value is -0.100. The average Bonchev–Trinajstić information content (AvgIpc) is 2.26.